The van der Waals surface area contributed by atoms with Crippen LogP contribution in [0.2, 0.25) is 0 Å². The highest BCUT2D eigenvalue weighted by atomic mass is 16.4. The molecular formula is C24H31NO2. The summed E-state index contributed by atoms with van der Waals surface area (Å²) >= 11 is 0. The van der Waals surface area contributed by atoms with Crippen LogP contribution in [0.4, 0.5) is 5.69 Å². The van der Waals surface area contributed by atoms with Crippen molar-refractivity contribution in [1.82, 2.24) is 0 Å². The van der Waals surface area contributed by atoms with Crippen LogP contribution in [0.15, 0.2) is 48.1 Å². The summed E-state index contributed by atoms with van der Waals surface area (Å²) in [5.41, 5.74) is 6.11. The number of rotatable bonds is 5. The zero-order valence-corrected chi connectivity index (χ0v) is 16.6. The van der Waals surface area contributed by atoms with E-state index in [2.05, 4.69) is 36.1 Å². The van der Waals surface area contributed by atoms with Crippen LogP contribution in [-0.4, -0.2) is 23.7 Å². The molecule has 0 saturated heterocycles. The van der Waals surface area contributed by atoms with E-state index in [0.29, 0.717) is 0 Å². The molecule has 3 rings (SSSR count). The molecule has 3 nitrogen and oxygen atoms in total. The van der Waals surface area contributed by atoms with Crippen molar-refractivity contribution in [3.05, 3.63) is 59.2 Å². The van der Waals surface area contributed by atoms with Gasteiger partial charge in [0.25, 0.3) is 0 Å². The third-order valence-electron chi connectivity index (χ3n) is 5.76. The van der Waals surface area contributed by atoms with Gasteiger partial charge in [0.1, 0.15) is 0 Å². The molecule has 144 valence electrons. The van der Waals surface area contributed by atoms with Gasteiger partial charge in [0.15, 0.2) is 0 Å². The Morgan fingerprint density at radius 3 is 2.67 bits per heavy atom. The first-order chi connectivity index (χ1) is 13.0. The van der Waals surface area contributed by atoms with Gasteiger partial charge >= 0.3 is 5.97 Å². The average molecular weight is 366 g/mol. The number of allylic oxidation sites excluding steroid dienone is 5. The Morgan fingerprint density at radius 1 is 1.15 bits per heavy atom. The first kappa shape index (κ1) is 19.5. The highest BCUT2D eigenvalue weighted by Gasteiger charge is 2.25. The van der Waals surface area contributed by atoms with E-state index < -0.39 is 5.97 Å². The van der Waals surface area contributed by atoms with Gasteiger partial charge in [-0.15, -0.1) is 0 Å². The maximum Gasteiger partial charge on any atom is 0.328 e. The molecule has 0 spiro atoms. The number of aliphatic carboxylic acids is 1. The van der Waals surface area contributed by atoms with Crippen molar-refractivity contribution < 1.29 is 9.90 Å². The number of aryl methyl sites for hydroxylation is 1. The van der Waals surface area contributed by atoms with E-state index in [1.807, 2.05) is 12.2 Å². The summed E-state index contributed by atoms with van der Waals surface area (Å²) in [4.78, 5) is 13.3. The van der Waals surface area contributed by atoms with Crippen LogP contribution in [-0.2, 0) is 11.2 Å². The number of hydrogen-bond donors (Lipinski definition) is 1. The molecule has 0 amide bonds. The van der Waals surface area contributed by atoms with Crippen molar-refractivity contribution in [2.45, 2.75) is 64.8 Å². The van der Waals surface area contributed by atoms with Gasteiger partial charge in [-0.05, 0) is 73.9 Å². The predicted molar refractivity (Wildman–Crippen MR) is 113 cm³/mol. The fraction of sp³-hybridized carbons (Fsp3) is 0.458. The summed E-state index contributed by atoms with van der Waals surface area (Å²) in [6.07, 6.45) is 16.3. The van der Waals surface area contributed by atoms with Gasteiger partial charge in [-0.25, -0.2) is 4.79 Å². The van der Waals surface area contributed by atoms with E-state index in [1.54, 1.807) is 6.92 Å². The van der Waals surface area contributed by atoms with Gasteiger partial charge in [0.05, 0.1) is 0 Å². The SMILES string of the molecule is CC(C=CC=C(C)c1ccc2c(c1)CCCN2C1CCCCC1)=CC(=O)O. The summed E-state index contributed by atoms with van der Waals surface area (Å²) in [5.74, 6) is -0.907. The molecule has 3 heteroatoms. The summed E-state index contributed by atoms with van der Waals surface area (Å²) in [5, 5.41) is 8.77. The predicted octanol–water partition coefficient (Wildman–Crippen LogP) is 5.76. The summed E-state index contributed by atoms with van der Waals surface area (Å²) in [6, 6.07) is 7.63. The van der Waals surface area contributed by atoms with Crippen LogP contribution < -0.4 is 4.90 Å². The van der Waals surface area contributed by atoms with E-state index in [0.717, 1.165) is 18.0 Å². The van der Waals surface area contributed by atoms with Crippen molar-refractivity contribution in [3.63, 3.8) is 0 Å². The van der Waals surface area contributed by atoms with Crippen LogP contribution >= 0.6 is 0 Å². The van der Waals surface area contributed by atoms with Gasteiger partial charge in [-0.2, -0.15) is 0 Å². The van der Waals surface area contributed by atoms with Gasteiger partial charge in [0, 0.05) is 24.4 Å². The molecule has 1 N–H and O–H groups in total. The molecule has 27 heavy (non-hydrogen) atoms. The molecule has 0 aromatic heterocycles. The highest BCUT2D eigenvalue weighted by molar-refractivity contribution is 5.81. The number of hydrogen-bond acceptors (Lipinski definition) is 2. The van der Waals surface area contributed by atoms with Gasteiger partial charge < -0.3 is 10.0 Å². The lowest BCUT2D eigenvalue weighted by Crippen LogP contribution is -2.40. The molecule has 1 fully saturated rings. The standard InChI is InChI=1S/C24H31NO2/c1-18(16-24(26)27)8-6-9-19(2)20-13-14-23-21(17-20)10-7-15-25(23)22-11-4-3-5-12-22/h6,8-9,13-14,16-17,22H,3-5,7,10-12,15H2,1-2H3,(H,26,27). The second-order valence-electron chi connectivity index (χ2n) is 7.87. The molecule has 0 atom stereocenters. The largest absolute Gasteiger partial charge is 0.478 e. The average Bonchev–Trinajstić information content (AvgIpc) is 2.67. The first-order valence-electron chi connectivity index (χ1n) is 10.2. The fourth-order valence-electron chi connectivity index (χ4n) is 4.33. The Bertz CT molecular complexity index is 767. The summed E-state index contributed by atoms with van der Waals surface area (Å²) in [7, 11) is 0. The highest BCUT2D eigenvalue weighted by Crippen LogP contribution is 2.35. The number of fused-ring (bicyclic) bond motifs is 1. The van der Waals surface area contributed by atoms with Crippen molar-refractivity contribution in [3.8, 4) is 0 Å². The van der Waals surface area contributed by atoms with Crippen LogP contribution in [0.3, 0.4) is 0 Å². The quantitative estimate of drug-likeness (QED) is 0.532. The number of carbonyl (C=O) groups is 1. The molecule has 0 unspecified atom stereocenters. The lowest BCUT2D eigenvalue weighted by molar-refractivity contribution is -0.131. The van der Waals surface area contributed by atoms with Crippen LogP contribution in [0.25, 0.3) is 5.57 Å². The lowest BCUT2D eigenvalue weighted by atomic mass is 9.90. The zero-order chi connectivity index (χ0) is 19.2. The molecule has 1 aliphatic carbocycles. The maximum absolute atomic E-state index is 10.7. The third-order valence-corrected chi connectivity index (χ3v) is 5.76. The number of nitrogens with zero attached hydrogens (tertiary/aromatic N) is 1. The molecule has 1 aromatic carbocycles. The molecule has 0 bridgehead atoms. The first-order valence-corrected chi connectivity index (χ1v) is 10.2. The van der Waals surface area contributed by atoms with Gasteiger partial charge in [-0.3, -0.25) is 0 Å². The fourth-order valence-corrected chi connectivity index (χ4v) is 4.33. The van der Waals surface area contributed by atoms with Gasteiger partial charge in [-0.1, -0.05) is 43.6 Å². The summed E-state index contributed by atoms with van der Waals surface area (Å²) < 4.78 is 0. The lowest BCUT2D eigenvalue weighted by Gasteiger charge is -2.40. The molecule has 1 heterocycles. The molecule has 0 radical (unpaired) electrons. The Morgan fingerprint density at radius 2 is 1.93 bits per heavy atom. The number of carboxylic acid groups (broad SMARTS) is 1. The Hall–Kier alpha value is -2.29. The Kier molecular flexibility index (Phi) is 6.54. The van der Waals surface area contributed by atoms with E-state index in [9.17, 15) is 4.79 Å². The molecule has 2 aliphatic rings. The van der Waals surface area contributed by atoms with Crippen LogP contribution in [0.1, 0.15) is 63.5 Å². The molecule has 1 aliphatic heterocycles. The number of carboxylic acids is 1. The van der Waals surface area contributed by atoms with E-state index in [1.165, 1.54) is 73.5 Å². The minimum absolute atomic E-state index is 0.729. The monoisotopic (exact) mass is 365 g/mol. The van der Waals surface area contributed by atoms with Crippen molar-refractivity contribution in [2.24, 2.45) is 0 Å². The topological polar surface area (TPSA) is 40.5 Å². The smallest absolute Gasteiger partial charge is 0.328 e. The van der Waals surface area contributed by atoms with Crippen molar-refractivity contribution in [2.75, 3.05) is 11.4 Å². The van der Waals surface area contributed by atoms with Gasteiger partial charge in [0.2, 0.25) is 0 Å². The minimum atomic E-state index is -0.907. The number of anilines is 1. The number of benzene rings is 1. The second-order valence-corrected chi connectivity index (χ2v) is 7.87. The van der Waals surface area contributed by atoms with Crippen LogP contribution in [0, 0.1) is 0 Å². The normalized spacial score (nSPS) is 19.4. The summed E-state index contributed by atoms with van der Waals surface area (Å²) in [6.45, 7) is 5.11. The Balaban J connectivity index is 1.76. The molecule has 1 aromatic rings. The Labute approximate surface area is 163 Å². The van der Waals surface area contributed by atoms with Crippen molar-refractivity contribution >= 4 is 17.2 Å². The van der Waals surface area contributed by atoms with E-state index in [4.69, 9.17) is 5.11 Å². The van der Waals surface area contributed by atoms with Crippen LogP contribution in [0.5, 0.6) is 0 Å². The minimum Gasteiger partial charge on any atom is -0.478 e. The van der Waals surface area contributed by atoms with Crippen molar-refractivity contribution in [1.29, 1.82) is 0 Å². The van der Waals surface area contributed by atoms with E-state index >= 15 is 0 Å². The second kappa shape index (κ2) is 9.07. The molecular weight excluding hydrogens is 334 g/mol. The third kappa shape index (κ3) is 5.12. The maximum atomic E-state index is 10.7. The molecule has 1 saturated carbocycles. The van der Waals surface area contributed by atoms with E-state index in [-0.39, 0.29) is 0 Å². The zero-order valence-electron chi connectivity index (χ0n) is 16.6.